The molecule has 3 nitrogen and oxygen atoms in total. The van der Waals surface area contributed by atoms with Crippen LogP contribution in [0.2, 0.25) is 0 Å². The lowest BCUT2D eigenvalue weighted by Gasteiger charge is -2.10. The molecule has 0 N–H and O–H groups in total. The first-order valence-electron chi connectivity index (χ1n) is 6.09. The quantitative estimate of drug-likeness (QED) is 0.688. The van der Waals surface area contributed by atoms with Crippen molar-refractivity contribution in [3.8, 4) is 11.8 Å². The molecule has 0 saturated heterocycles. The van der Waals surface area contributed by atoms with Crippen molar-refractivity contribution in [3.63, 3.8) is 0 Å². The second kappa shape index (κ2) is 6.88. The number of Topliss-reactive ketones (excluding diaryl/α,β-unsaturated/α-hetero) is 1. The van der Waals surface area contributed by atoms with Crippen molar-refractivity contribution in [1.82, 2.24) is 0 Å². The molecule has 0 saturated carbocycles. The van der Waals surface area contributed by atoms with Crippen LogP contribution in [0.5, 0.6) is 5.75 Å². The highest BCUT2D eigenvalue weighted by atomic mass is 79.9. The molecule has 0 fully saturated rings. The van der Waals surface area contributed by atoms with Gasteiger partial charge in [-0.3, -0.25) is 4.79 Å². The van der Waals surface area contributed by atoms with E-state index in [1.54, 1.807) is 37.4 Å². The number of hydrogen-bond acceptors (Lipinski definition) is 3. The van der Waals surface area contributed by atoms with Gasteiger partial charge in [0.2, 0.25) is 0 Å². The van der Waals surface area contributed by atoms with Gasteiger partial charge in [-0.05, 0) is 51.8 Å². The molecular formula is C16H11Br2NO2. The summed E-state index contributed by atoms with van der Waals surface area (Å²) in [6, 6.07) is 14.3. The highest BCUT2D eigenvalue weighted by molar-refractivity contribution is 9.10. The Morgan fingerprint density at radius 1 is 1.19 bits per heavy atom. The van der Waals surface area contributed by atoms with Crippen molar-refractivity contribution in [1.29, 1.82) is 5.26 Å². The topological polar surface area (TPSA) is 50.1 Å². The Balaban J connectivity index is 2.35. The molecule has 0 bridgehead atoms. The number of carbonyl (C=O) groups is 1. The van der Waals surface area contributed by atoms with Crippen LogP contribution in [0.3, 0.4) is 0 Å². The van der Waals surface area contributed by atoms with Crippen LogP contribution < -0.4 is 4.74 Å². The minimum atomic E-state index is -0.821. The van der Waals surface area contributed by atoms with E-state index in [0.29, 0.717) is 21.3 Å². The molecule has 106 valence electrons. The summed E-state index contributed by atoms with van der Waals surface area (Å²) in [5.41, 5.74) is 1.15. The Morgan fingerprint density at radius 3 is 2.38 bits per heavy atom. The number of ether oxygens (including phenoxy) is 1. The van der Waals surface area contributed by atoms with E-state index in [1.165, 1.54) is 0 Å². The third kappa shape index (κ3) is 3.52. The zero-order chi connectivity index (χ0) is 15.4. The summed E-state index contributed by atoms with van der Waals surface area (Å²) in [6.07, 6.45) is 0. The van der Waals surface area contributed by atoms with Gasteiger partial charge in [-0.2, -0.15) is 5.26 Å². The van der Waals surface area contributed by atoms with E-state index >= 15 is 0 Å². The number of methoxy groups -OCH3 is 1. The first kappa shape index (κ1) is 15.7. The maximum Gasteiger partial charge on any atom is 0.184 e. The van der Waals surface area contributed by atoms with E-state index < -0.39 is 5.92 Å². The summed E-state index contributed by atoms with van der Waals surface area (Å²) >= 11 is 6.68. The number of carbonyl (C=O) groups excluding carboxylic acids is 1. The lowest BCUT2D eigenvalue weighted by Crippen LogP contribution is -2.11. The van der Waals surface area contributed by atoms with Gasteiger partial charge in [-0.15, -0.1) is 0 Å². The number of benzene rings is 2. The van der Waals surface area contributed by atoms with Crippen LogP contribution in [0.1, 0.15) is 21.8 Å². The number of nitriles is 1. The molecule has 21 heavy (non-hydrogen) atoms. The smallest absolute Gasteiger partial charge is 0.184 e. The number of hydrogen-bond donors (Lipinski definition) is 0. The Labute approximate surface area is 139 Å². The van der Waals surface area contributed by atoms with Crippen molar-refractivity contribution in [2.45, 2.75) is 5.92 Å². The first-order chi connectivity index (χ1) is 10.1. The number of rotatable bonds is 4. The van der Waals surface area contributed by atoms with Crippen molar-refractivity contribution in [3.05, 3.63) is 62.5 Å². The predicted octanol–water partition coefficient (Wildman–Crippen LogP) is 4.71. The Kier molecular flexibility index (Phi) is 5.16. The van der Waals surface area contributed by atoms with Gasteiger partial charge in [0.15, 0.2) is 5.78 Å². The van der Waals surface area contributed by atoms with Crippen LogP contribution in [0.25, 0.3) is 0 Å². The summed E-state index contributed by atoms with van der Waals surface area (Å²) in [5.74, 6) is -0.412. The van der Waals surface area contributed by atoms with Gasteiger partial charge < -0.3 is 4.74 Å². The molecule has 0 amide bonds. The molecule has 0 aliphatic heterocycles. The Hall–Kier alpha value is -1.64. The minimum absolute atomic E-state index is 0.233. The van der Waals surface area contributed by atoms with Crippen molar-refractivity contribution in [2.75, 3.05) is 7.11 Å². The SMILES string of the molecule is COc1ccc(C(=O)C(C#N)c2ccc(Br)cc2)cc1Br. The molecule has 2 aromatic carbocycles. The van der Waals surface area contributed by atoms with Crippen LogP contribution in [-0.2, 0) is 0 Å². The summed E-state index contributed by atoms with van der Waals surface area (Å²) < 4.78 is 6.72. The molecule has 5 heteroatoms. The number of nitrogens with zero attached hydrogens (tertiary/aromatic N) is 1. The third-order valence-electron chi connectivity index (χ3n) is 3.03. The van der Waals surface area contributed by atoms with Crippen LogP contribution >= 0.6 is 31.9 Å². The molecule has 1 unspecified atom stereocenters. The van der Waals surface area contributed by atoms with E-state index in [0.717, 1.165) is 4.47 Å². The van der Waals surface area contributed by atoms with Crippen LogP contribution in [0, 0.1) is 11.3 Å². The Morgan fingerprint density at radius 2 is 1.86 bits per heavy atom. The molecule has 2 rings (SSSR count). The summed E-state index contributed by atoms with van der Waals surface area (Å²) in [7, 11) is 1.56. The van der Waals surface area contributed by atoms with Crippen LogP contribution in [0.4, 0.5) is 0 Å². The first-order valence-corrected chi connectivity index (χ1v) is 7.68. The molecule has 0 spiro atoms. The molecule has 0 heterocycles. The minimum Gasteiger partial charge on any atom is -0.496 e. The third-order valence-corrected chi connectivity index (χ3v) is 4.18. The highest BCUT2D eigenvalue weighted by Crippen LogP contribution is 2.28. The fraction of sp³-hybridized carbons (Fsp3) is 0.125. The lowest BCUT2D eigenvalue weighted by atomic mass is 9.92. The summed E-state index contributed by atoms with van der Waals surface area (Å²) in [4.78, 5) is 12.5. The summed E-state index contributed by atoms with van der Waals surface area (Å²) in [6.45, 7) is 0. The fourth-order valence-corrected chi connectivity index (χ4v) is 2.73. The second-order valence-electron chi connectivity index (χ2n) is 4.33. The monoisotopic (exact) mass is 407 g/mol. The highest BCUT2D eigenvalue weighted by Gasteiger charge is 2.22. The predicted molar refractivity (Wildman–Crippen MR) is 87.5 cm³/mol. The van der Waals surface area contributed by atoms with Gasteiger partial charge >= 0.3 is 0 Å². The van der Waals surface area contributed by atoms with Gasteiger partial charge in [-0.1, -0.05) is 28.1 Å². The van der Waals surface area contributed by atoms with Crippen molar-refractivity contribution < 1.29 is 9.53 Å². The molecule has 0 aromatic heterocycles. The van der Waals surface area contributed by atoms with Crippen LogP contribution in [-0.4, -0.2) is 12.9 Å². The van der Waals surface area contributed by atoms with Gasteiger partial charge in [0.05, 0.1) is 17.7 Å². The van der Waals surface area contributed by atoms with E-state index in [2.05, 4.69) is 37.9 Å². The van der Waals surface area contributed by atoms with E-state index in [1.807, 2.05) is 12.1 Å². The zero-order valence-electron chi connectivity index (χ0n) is 11.1. The number of ketones is 1. The average Bonchev–Trinajstić information content (AvgIpc) is 2.49. The fourth-order valence-electron chi connectivity index (χ4n) is 1.93. The summed E-state index contributed by atoms with van der Waals surface area (Å²) in [5, 5.41) is 9.33. The molecule has 0 aliphatic rings. The molecule has 2 aromatic rings. The standard InChI is InChI=1S/C16H11Br2NO2/c1-21-15-7-4-11(8-14(15)18)16(20)13(9-19)10-2-5-12(17)6-3-10/h2-8,13H,1H3. The van der Waals surface area contributed by atoms with E-state index in [-0.39, 0.29) is 5.78 Å². The van der Waals surface area contributed by atoms with Gasteiger partial charge in [-0.25, -0.2) is 0 Å². The zero-order valence-corrected chi connectivity index (χ0v) is 14.3. The van der Waals surface area contributed by atoms with Gasteiger partial charge in [0, 0.05) is 10.0 Å². The molecule has 0 aliphatic carbocycles. The normalized spacial score (nSPS) is 11.5. The maximum absolute atomic E-state index is 12.5. The van der Waals surface area contributed by atoms with Crippen molar-refractivity contribution in [2.24, 2.45) is 0 Å². The maximum atomic E-state index is 12.5. The van der Waals surface area contributed by atoms with Crippen molar-refractivity contribution >= 4 is 37.6 Å². The molecular weight excluding hydrogens is 398 g/mol. The average molecular weight is 409 g/mol. The Bertz CT molecular complexity index is 705. The van der Waals surface area contributed by atoms with Gasteiger partial charge in [0.1, 0.15) is 11.7 Å². The largest absolute Gasteiger partial charge is 0.496 e. The van der Waals surface area contributed by atoms with Crippen LogP contribution in [0.15, 0.2) is 51.4 Å². The molecule has 0 radical (unpaired) electrons. The van der Waals surface area contributed by atoms with Gasteiger partial charge in [0.25, 0.3) is 0 Å². The molecule has 1 atom stereocenters. The van der Waals surface area contributed by atoms with E-state index in [9.17, 15) is 10.1 Å². The van der Waals surface area contributed by atoms with E-state index in [4.69, 9.17) is 4.74 Å². The second-order valence-corrected chi connectivity index (χ2v) is 6.10. The number of halogens is 2. The lowest BCUT2D eigenvalue weighted by molar-refractivity contribution is 0.0979.